The second-order valence-corrected chi connectivity index (χ2v) is 5.92. The maximum absolute atomic E-state index is 11.9. The zero-order valence-electron chi connectivity index (χ0n) is 10.8. The number of carbonyl (C=O) groups is 1. The molecular weight excluding hydrogens is 216 g/mol. The number of rotatable bonds is 5. The van der Waals surface area contributed by atoms with Crippen molar-refractivity contribution in [2.75, 3.05) is 13.1 Å². The Labute approximate surface area is 103 Å². The molecule has 2 aliphatic rings. The van der Waals surface area contributed by atoms with Crippen LogP contribution in [0.4, 0.5) is 0 Å². The standard InChI is InChI=1S/C13H24N2O2/c1-9(2)11(16)13(5-6-13)8-15-12(17)10-4-3-7-14-10/h9-11,14,16H,3-8H2,1-2H3,(H,15,17). The van der Waals surface area contributed by atoms with Gasteiger partial charge in [-0.25, -0.2) is 0 Å². The molecule has 1 heterocycles. The van der Waals surface area contributed by atoms with Gasteiger partial charge in [0, 0.05) is 12.0 Å². The Kier molecular flexibility index (Phi) is 3.73. The predicted molar refractivity (Wildman–Crippen MR) is 66.5 cm³/mol. The highest BCUT2D eigenvalue weighted by atomic mass is 16.3. The van der Waals surface area contributed by atoms with Crippen LogP contribution in [-0.4, -0.2) is 36.2 Å². The van der Waals surface area contributed by atoms with Gasteiger partial charge >= 0.3 is 0 Å². The van der Waals surface area contributed by atoms with Crippen LogP contribution in [0.2, 0.25) is 0 Å². The summed E-state index contributed by atoms with van der Waals surface area (Å²) in [6, 6.07) is -0.0120. The minimum absolute atomic E-state index is 0.0120. The molecule has 2 atom stereocenters. The summed E-state index contributed by atoms with van der Waals surface area (Å²) in [5.41, 5.74) is -0.0393. The van der Waals surface area contributed by atoms with Gasteiger partial charge in [0.15, 0.2) is 0 Å². The number of aliphatic hydroxyl groups excluding tert-OH is 1. The quantitative estimate of drug-likeness (QED) is 0.661. The summed E-state index contributed by atoms with van der Waals surface area (Å²) in [7, 11) is 0. The lowest BCUT2D eigenvalue weighted by atomic mass is 9.90. The molecule has 17 heavy (non-hydrogen) atoms. The molecule has 0 aromatic carbocycles. The monoisotopic (exact) mass is 240 g/mol. The number of aliphatic hydroxyl groups is 1. The lowest BCUT2D eigenvalue weighted by Crippen LogP contribution is -2.45. The van der Waals surface area contributed by atoms with Crippen molar-refractivity contribution < 1.29 is 9.90 Å². The van der Waals surface area contributed by atoms with E-state index in [2.05, 4.69) is 10.6 Å². The highest BCUT2D eigenvalue weighted by Gasteiger charge is 2.50. The molecule has 1 saturated carbocycles. The van der Waals surface area contributed by atoms with Gasteiger partial charge in [-0.05, 0) is 38.1 Å². The van der Waals surface area contributed by atoms with Crippen LogP contribution < -0.4 is 10.6 Å². The van der Waals surface area contributed by atoms with Gasteiger partial charge in [0.05, 0.1) is 12.1 Å². The van der Waals surface area contributed by atoms with Crippen LogP contribution in [0.3, 0.4) is 0 Å². The smallest absolute Gasteiger partial charge is 0.237 e. The number of amides is 1. The van der Waals surface area contributed by atoms with E-state index in [0.717, 1.165) is 32.2 Å². The van der Waals surface area contributed by atoms with E-state index in [9.17, 15) is 9.90 Å². The molecule has 1 aliphatic heterocycles. The van der Waals surface area contributed by atoms with Gasteiger partial charge in [0.25, 0.3) is 0 Å². The maximum Gasteiger partial charge on any atom is 0.237 e. The summed E-state index contributed by atoms with van der Waals surface area (Å²) in [6.45, 7) is 5.64. The second kappa shape index (κ2) is 4.94. The first-order valence-electron chi connectivity index (χ1n) is 6.74. The van der Waals surface area contributed by atoms with Crippen LogP contribution in [0.25, 0.3) is 0 Å². The van der Waals surface area contributed by atoms with Gasteiger partial charge in [0.1, 0.15) is 0 Å². The zero-order chi connectivity index (χ0) is 12.5. The van der Waals surface area contributed by atoms with Crippen molar-refractivity contribution in [1.82, 2.24) is 10.6 Å². The number of nitrogens with one attached hydrogen (secondary N) is 2. The van der Waals surface area contributed by atoms with E-state index < -0.39 is 0 Å². The fourth-order valence-electron chi connectivity index (χ4n) is 2.74. The van der Waals surface area contributed by atoms with Gasteiger partial charge in [-0.15, -0.1) is 0 Å². The summed E-state index contributed by atoms with van der Waals surface area (Å²) in [6.07, 6.45) is 3.79. The molecule has 1 aliphatic carbocycles. The Bertz CT molecular complexity index is 281. The molecule has 0 spiro atoms. The van der Waals surface area contributed by atoms with Crippen LogP contribution in [0.5, 0.6) is 0 Å². The third-order valence-corrected chi connectivity index (χ3v) is 4.14. The van der Waals surface area contributed by atoms with E-state index >= 15 is 0 Å². The van der Waals surface area contributed by atoms with Crippen molar-refractivity contribution in [3.63, 3.8) is 0 Å². The van der Waals surface area contributed by atoms with Gasteiger partial charge in [-0.3, -0.25) is 4.79 Å². The first-order chi connectivity index (χ1) is 8.05. The fourth-order valence-corrected chi connectivity index (χ4v) is 2.74. The van der Waals surface area contributed by atoms with Crippen LogP contribution in [0.15, 0.2) is 0 Å². The summed E-state index contributed by atoms with van der Waals surface area (Å²) in [5.74, 6) is 0.365. The Morgan fingerprint density at radius 1 is 1.53 bits per heavy atom. The van der Waals surface area contributed by atoms with E-state index in [1.807, 2.05) is 13.8 Å². The lowest BCUT2D eigenvalue weighted by Gasteiger charge is -2.26. The average Bonchev–Trinajstić information content (AvgIpc) is 2.88. The molecule has 4 heteroatoms. The third-order valence-electron chi connectivity index (χ3n) is 4.14. The topological polar surface area (TPSA) is 61.4 Å². The number of hydrogen-bond acceptors (Lipinski definition) is 3. The Morgan fingerprint density at radius 2 is 2.24 bits per heavy atom. The van der Waals surface area contributed by atoms with Crippen molar-refractivity contribution in [1.29, 1.82) is 0 Å². The zero-order valence-corrected chi connectivity index (χ0v) is 10.8. The summed E-state index contributed by atoms with van der Waals surface area (Å²) in [4.78, 5) is 11.9. The van der Waals surface area contributed by atoms with E-state index in [4.69, 9.17) is 0 Å². The molecule has 2 rings (SSSR count). The Morgan fingerprint density at radius 3 is 2.71 bits per heavy atom. The fraction of sp³-hybridized carbons (Fsp3) is 0.923. The molecule has 3 N–H and O–H groups in total. The first-order valence-corrected chi connectivity index (χ1v) is 6.74. The molecule has 1 amide bonds. The van der Waals surface area contributed by atoms with Crippen molar-refractivity contribution in [2.24, 2.45) is 11.3 Å². The van der Waals surface area contributed by atoms with Gasteiger partial charge in [0.2, 0.25) is 5.91 Å². The highest BCUT2D eigenvalue weighted by Crippen LogP contribution is 2.50. The minimum atomic E-state index is -0.292. The molecular formula is C13H24N2O2. The van der Waals surface area contributed by atoms with Crippen molar-refractivity contribution >= 4 is 5.91 Å². The van der Waals surface area contributed by atoms with Crippen molar-refractivity contribution in [3.05, 3.63) is 0 Å². The SMILES string of the molecule is CC(C)C(O)C1(CNC(=O)C2CCCN2)CC1. The highest BCUT2D eigenvalue weighted by molar-refractivity contribution is 5.82. The third kappa shape index (κ3) is 2.80. The van der Waals surface area contributed by atoms with Crippen LogP contribution in [-0.2, 0) is 4.79 Å². The Hall–Kier alpha value is -0.610. The van der Waals surface area contributed by atoms with Crippen LogP contribution in [0, 0.1) is 11.3 Å². The molecule has 4 nitrogen and oxygen atoms in total. The molecule has 98 valence electrons. The van der Waals surface area contributed by atoms with Crippen molar-refractivity contribution in [3.8, 4) is 0 Å². The van der Waals surface area contributed by atoms with E-state index in [1.165, 1.54) is 0 Å². The van der Waals surface area contributed by atoms with E-state index in [1.54, 1.807) is 0 Å². The molecule has 0 bridgehead atoms. The molecule has 0 radical (unpaired) electrons. The minimum Gasteiger partial charge on any atom is -0.392 e. The number of carbonyl (C=O) groups excluding carboxylic acids is 1. The van der Waals surface area contributed by atoms with Crippen LogP contribution in [0.1, 0.15) is 39.5 Å². The summed E-state index contributed by atoms with van der Waals surface area (Å²) >= 11 is 0. The van der Waals surface area contributed by atoms with Crippen LogP contribution >= 0.6 is 0 Å². The normalized spacial score (nSPS) is 28.1. The summed E-state index contributed by atoms with van der Waals surface area (Å²) < 4.78 is 0. The number of hydrogen-bond donors (Lipinski definition) is 3. The predicted octanol–water partition coefficient (Wildman–Crippen LogP) is 0.652. The largest absolute Gasteiger partial charge is 0.392 e. The summed E-state index contributed by atoms with van der Waals surface area (Å²) in [5, 5.41) is 16.3. The van der Waals surface area contributed by atoms with Gasteiger partial charge < -0.3 is 15.7 Å². The lowest BCUT2D eigenvalue weighted by molar-refractivity contribution is -0.123. The molecule has 0 aromatic heterocycles. The van der Waals surface area contributed by atoms with Gasteiger partial charge in [-0.2, -0.15) is 0 Å². The van der Waals surface area contributed by atoms with Gasteiger partial charge in [-0.1, -0.05) is 13.8 Å². The first kappa shape index (κ1) is 12.8. The van der Waals surface area contributed by atoms with E-state index in [0.29, 0.717) is 6.54 Å². The average molecular weight is 240 g/mol. The maximum atomic E-state index is 11.9. The van der Waals surface area contributed by atoms with Crippen molar-refractivity contribution in [2.45, 2.75) is 51.7 Å². The molecule has 1 saturated heterocycles. The van der Waals surface area contributed by atoms with E-state index in [-0.39, 0.29) is 29.4 Å². The molecule has 0 aromatic rings. The molecule has 2 unspecified atom stereocenters. The second-order valence-electron chi connectivity index (χ2n) is 5.92. The molecule has 2 fully saturated rings. The Balaban J connectivity index is 1.79.